The van der Waals surface area contributed by atoms with E-state index in [-0.39, 0.29) is 6.04 Å². The van der Waals surface area contributed by atoms with E-state index >= 15 is 0 Å². The molecule has 1 heterocycles. The summed E-state index contributed by atoms with van der Waals surface area (Å²) >= 11 is 3.31. The van der Waals surface area contributed by atoms with Gasteiger partial charge in [0.15, 0.2) is 0 Å². The lowest BCUT2D eigenvalue weighted by molar-refractivity contribution is 0.481. The number of nitrogens with zero attached hydrogens (tertiary/aromatic N) is 3. The number of hydrogen-bond acceptors (Lipinski definition) is 3. The molecule has 1 N–H and O–H groups in total. The van der Waals surface area contributed by atoms with E-state index in [1.165, 1.54) is 11.1 Å². The smallest absolute Gasteiger partial charge is 0.148 e. The van der Waals surface area contributed by atoms with Gasteiger partial charge in [-0.2, -0.15) is 9.90 Å². The van der Waals surface area contributed by atoms with Crippen LogP contribution in [-0.2, 0) is 6.54 Å². The Balaban J connectivity index is 1.72. The molecular formula is C17H17BrN4. The maximum absolute atomic E-state index is 4.24. The first kappa shape index (κ1) is 14.9. The Labute approximate surface area is 138 Å². The van der Waals surface area contributed by atoms with Gasteiger partial charge in [0.25, 0.3) is 0 Å². The van der Waals surface area contributed by atoms with Crippen molar-refractivity contribution in [3.63, 3.8) is 0 Å². The normalized spacial score (nSPS) is 11.0. The van der Waals surface area contributed by atoms with E-state index in [4.69, 9.17) is 0 Å². The van der Waals surface area contributed by atoms with Gasteiger partial charge in [-0.15, -0.1) is 5.10 Å². The van der Waals surface area contributed by atoms with E-state index in [1.807, 2.05) is 12.1 Å². The Morgan fingerprint density at radius 2 is 1.55 bits per heavy atom. The summed E-state index contributed by atoms with van der Waals surface area (Å²) in [6.07, 6.45) is 1.70. The Hall–Kier alpha value is -1.98. The zero-order valence-corrected chi connectivity index (χ0v) is 13.6. The highest BCUT2D eigenvalue weighted by Crippen LogP contribution is 2.21. The topological polar surface area (TPSA) is 42.7 Å². The van der Waals surface area contributed by atoms with Gasteiger partial charge < -0.3 is 5.32 Å². The Morgan fingerprint density at radius 3 is 2.05 bits per heavy atom. The number of hydrogen-bond donors (Lipinski definition) is 1. The van der Waals surface area contributed by atoms with Crippen molar-refractivity contribution in [3.05, 3.63) is 82.6 Å². The predicted octanol–water partition coefficient (Wildman–Crippen LogP) is 3.42. The van der Waals surface area contributed by atoms with E-state index in [0.29, 0.717) is 0 Å². The van der Waals surface area contributed by atoms with E-state index in [0.717, 1.165) is 17.7 Å². The first-order valence-corrected chi connectivity index (χ1v) is 8.01. The molecule has 112 valence electrons. The van der Waals surface area contributed by atoms with Crippen LogP contribution in [0.4, 0.5) is 0 Å². The molecule has 0 amide bonds. The molecule has 5 heteroatoms. The highest BCUT2D eigenvalue weighted by molar-refractivity contribution is 9.10. The molecule has 3 rings (SSSR count). The minimum absolute atomic E-state index is 0.168. The van der Waals surface area contributed by atoms with Crippen molar-refractivity contribution >= 4 is 15.9 Å². The third-order valence-electron chi connectivity index (χ3n) is 3.43. The van der Waals surface area contributed by atoms with Crippen LogP contribution < -0.4 is 5.32 Å². The van der Waals surface area contributed by atoms with Gasteiger partial charge in [-0.1, -0.05) is 60.7 Å². The molecule has 4 nitrogen and oxygen atoms in total. The van der Waals surface area contributed by atoms with Crippen LogP contribution in [0.25, 0.3) is 0 Å². The van der Waals surface area contributed by atoms with Crippen molar-refractivity contribution in [1.29, 1.82) is 0 Å². The molecule has 0 aliphatic rings. The lowest BCUT2D eigenvalue weighted by Gasteiger charge is -2.19. The average Bonchev–Trinajstić information content (AvgIpc) is 2.99. The molecule has 3 aromatic rings. The maximum Gasteiger partial charge on any atom is 0.148 e. The average molecular weight is 357 g/mol. The quantitative estimate of drug-likeness (QED) is 0.735. The summed E-state index contributed by atoms with van der Waals surface area (Å²) in [6, 6.07) is 21.1. The minimum atomic E-state index is 0.168. The van der Waals surface area contributed by atoms with Crippen LogP contribution in [0, 0.1) is 0 Å². The molecular weight excluding hydrogens is 340 g/mol. The van der Waals surface area contributed by atoms with Gasteiger partial charge in [0.1, 0.15) is 4.60 Å². The summed E-state index contributed by atoms with van der Waals surface area (Å²) in [5.41, 5.74) is 2.51. The summed E-state index contributed by atoms with van der Waals surface area (Å²) < 4.78 is 0.759. The maximum atomic E-state index is 4.24. The highest BCUT2D eigenvalue weighted by atomic mass is 79.9. The van der Waals surface area contributed by atoms with Crippen LogP contribution in [0.15, 0.2) is 71.5 Å². The first-order chi connectivity index (χ1) is 10.8. The Kier molecular flexibility index (Phi) is 4.98. The lowest BCUT2D eigenvalue weighted by atomic mass is 9.99. The molecule has 0 radical (unpaired) electrons. The number of rotatable bonds is 6. The van der Waals surface area contributed by atoms with Crippen molar-refractivity contribution in [3.8, 4) is 0 Å². The number of aromatic nitrogens is 3. The molecule has 0 aliphatic carbocycles. The SMILES string of the molecule is Brc1cnn(CCNC(c2ccccc2)c2ccccc2)n1. The predicted molar refractivity (Wildman–Crippen MR) is 90.5 cm³/mol. The highest BCUT2D eigenvalue weighted by Gasteiger charge is 2.12. The third-order valence-corrected chi connectivity index (χ3v) is 3.80. The van der Waals surface area contributed by atoms with Crippen LogP contribution in [-0.4, -0.2) is 21.5 Å². The van der Waals surface area contributed by atoms with Gasteiger partial charge in [-0.05, 0) is 27.1 Å². The molecule has 1 aromatic heterocycles. The fourth-order valence-electron chi connectivity index (χ4n) is 2.41. The van der Waals surface area contributed by atoms with Crippen LogP contribution in [0.5, 0.6) is 0 Å². The summed E-state index contributed by atoms with van der Waals surface area (Å²) in [4.78, 5) is 1.68. The number of nitrogens with one attached hydrogen (secondary N) is 1. The molecule has 0 aliphatic heterocycles. The largest absolute Gasteiger partial charge is 0.304 e. The van der Waals surface area contributed by atoms with Crippen molar-refractivity contribution in [2.75, 3.05) is 6.54 Å². The summed E-state index contributed by atoms with van der Waals surface area (Å²) in [5.74, 6) is 0. The lowest BCUT2D eigenvalue weighted by Crippen LogP contribution is -2.26. The summed E-state index contributed by atoms with van der Waals surface area (Å²) in [7, 11) is 0. The van der Waals surface area contributed by atoms with Gasteiger partial charge in [0, 0.05) is 6.54 Å². The number of benzene rings is 2. The molecule has 0 unspecified atom stereocenters. The van der Waals surface area contributed by atoms with Crippen LogP contribution in [0.3, 0.4) is 0 Å². The molecule has 22 heavy (non-hydrogen) atoms. The van der Waals surface area contributed by atoms with Crippen LogP contribution in [0.1, 0.15) is 17.2 Å². The summed E-state index contributed by atoms with van der Waals surface area (Å²) in [6.45, 7) is 1.51. The fourth-order valence-corrected chi connectivity index (χ4v) is 2.69. The van der Waals surface area contributed by atoms with E-state index < -0.39 is 0 Å². The monoisotopic (exact) mass is 356 g/mol. The van der Waals surface area contributed by atoms with E-state index in [9.17, 15) is 0 Å². The molecule has 0 fully saturated rings. The second-order valence-electron chi connectivity index (χ2n) is 4.97. The fraction of sp³-hybridized carbons (Fsp3) is 0.176. The van der Waals surface area contributed by atoms with Gasteiger partial charge in [-0.3, -0.25) is 0 Å². The molecule has 0 saturated carbocycles. The van der Waals surface area contributed by atoms with Crippen molar-refractivity contribution in [2.45, 2.75) is 12.6 Å². The van der Waals surface area contributed by atoms with E-state index in [2.05, 4.69) is 80.0 Å². The van der Waals surface area contributed by atoms with Gasteiger partial charge in [0.2, 0.25) is 0 Å². The molecule has 0 saturated heterocycles. The second kappa shape index (κ2) is 7.33. The van der Waals surface area contributed by atoms with Crippen molar-refractivity contribution < 1.29 is 0 Å². The van der Waals surface area contributed by atoms with Gasteiger partial charge in [0.05, 0.1) is 18.8 Å². The Morgan fingerprint density at radius 1 is 0.955 bits per heavy atom. The molecule has 0 spiro atoms. The van der Waals surface area contributed by atoms with Gasteiger partial charge in [-0.25, -0.2) is 0 Å². The molecule has 0 bridgehead atoms. The zero-order chi connectivity index (χ0) is 15.2. The first-order valence-electron chi connectivity index (χ1n) is 7.22. The van der Waals surface area contributed by atoms with Crippen molar-refractivity contribution in [2.24, 2.45) is 0 Å². The second-order valence-corrected chi connectivity index (χ2v) is 5.78. The van der Waals surface area contributed by atoms with Crippen molar-refractivity contribution in [1.82, 2.24) is 20.3 Å². The zero-order valence-electron chi connectivity index (χ0n) is 12.1. The molecule has 0 atom stereocenters. The van der Waals surface area contributed by atoms with Crippen LogP contribution in [0.2, 0.25) is 0 Å². The van der Waals surface area contributed by atoms with Gasteiger partial charge >= 0.3 is 0 Å². The molecule has 2 aromatic carbocycles. The third kappa shape index (κ3) is 3.81. The van der Waals surface area contributed by atoms with Crippen LogP contribution >= 0.6 is 15.9 Å². The van der Waals surface area contributed by atoms with E-state index in [1.54, 1.807) is 11.0 Å². The standard InChI is InChI=1S/C17H17BrN4/c18-16-13-20-22(21-16)12-11-19-17(14-7-3-1-4-8-14)15-9-5-2-6-10-15/h1-10,13,17,19H,11-12H2. The number of halogens is 1. The Bertz CT molecular complexity index is 657. The summed E-state index contributed by atoms with van der Waals surface area (Å²) in [5, 5.41) is 12.0. The minimum Gasteiger partial charge on any atom is -0.304 e.